The smallest absolute Gasteiger partial charge is 0.101 e. The number of nitrogens with one attached hydrogen (secondary N) is 1. The van der Waals surface area contributed by atoms with E-state index in [9.17, 15) is 0 Å². The summed E-state index contributed by atoms with van der Waals surface area (Å²) in [7, 11) is 0. The molecule has 17 heavy (non-hydrogen) atoms. The monoisotopic (exact) mass is 245 g/mol. The van der Waals surface area contributed by atoms with Gasteiger partial charge in [-0.05, 0) is 31.0 Å². The van der Waals surface area contributed by atoms with Crippen LogP contribution in [0.25, 0.3) is 10.2 Å². The predicted molar refractivity (Wildman–Crippen MR) is 74.0 cm³/mol. The van der Waals surface area contributed by atoms with E-state index in [-0.39, 0.29) is 0 Å². The minimum atomic E-state index is 0.963. The first-order chi connectivity index (χ1) is 8.42. The van der Waals surface area contributed by atoms with Gasteiger partial charge in [0.1, 0.15) is 5.84 Å². The third-order valence-electron chi connectivity index (χ3n) is 2.99. The molecule has 3 rings (SSSR count). The summed E-state index contributed by atoms with van der Waals surface area (Å²) in [6.07, 6.45) is 4.83. The van der Waals surface area contributed by atoms with Gasteiger partial charge in [-0.1, -0.05) is 6.42 Å². The molecule has 1 aromatic heterocycles. The van der Waals surface area contributed by atoms with Crippen LogP contribution in [0.3, 0.4) is 0 Å². The largest absolute Gasteiger partial charge is 0.344 e. The zero-order chi connectivity index (χ0) is 11.5. The zero-order valence-electron chi connectivity index (χ0n) is 9.65. The summed E-state index contributed by atoms with van der Waals surface area (Å²) < 4.78 is 1.23. The van der Waals surface area contributed by atoms with Crippen molar-refractivity contribution in [3.05, 3.63) is 23.7 Å². The highest BCUT2D eigenvalue weighted by atomic mass is 32.1. The maximum absolute atomic E-state index is 4.58. The lowest BCUT2D eigenvalue weighted by Crippen LogP contribution is -2.11. The first-order valence-corrected chi connectivity index (χ1v) is 6.93. The molecular weight excluding hydrogens is 230 g/mol. The van der Waals surface area contributed by atoms with Crippen molar-refractivity contribution >= 4 is 33.1 Å². The van der Waals surface area contributed by atoms with E-state index < -0.39 is 0 Å². The normalized spacial score (nSPS) is 16.6. The molecule has 0 fully saturated rings. The van der Waals surface area contributed by atoms with Gasteiger partial charge in [-0.25, -0.2) is 4.98 Å². The maximum atomic E-state index is 4.58. The fourth-order valence-electron chi connectivity index (χ4n) is 2.08. The van der Waals surface area contributed by atoms with E-state index in [1.54, 1.807) is 11.3 Å². The molecule has 2 aromatic rings. The van der Waals surface area contributed by atoms with Crippen molar-refractivity contribution in [1.82, 2.24) is 4.98 Å². The number of amidine groups is 1. The Labute approximate surface area is 105 Å². The summed E-state index contributed by atoms with van der Waals surface area (Å²) in [6.45, 7) is 0.963. The minimum Gasteiger partial charge on any atom is -0.344 e. The third-order valence-corrected chi connectivity index (χ3v) is 3.79. The van der Waals surface area contributed by atoms with Gasteiger partial charge in [-0.15, -0.1) is 11.3 Å². The second kappa shape index (κ2) is 4.84. The van der Waals surface area contributed by atoms with Crippen LogP contribution in [-0.2, 0) is 0 Å². The molecule has 0 aliphatic carbocycles. The summed E-state index contributed by atoms with van der Waals surface area (Å²) in [6, 6.07) is 6.29. The summed E-state index contributed by atoms with van der Waals surface area (Å²) in [4.78, 5) is 8.86. The molecule has 0 atom stereocenters. The Hall–Kier alpha value is -1.42. The number of hydrogen-bond donors (Lipinski definition) is 1. The highest BCUT2D eigenvalue weighted by Crippen LogP contribution is 2.22. The maximum Gasteiger partial charge on any atom is 0.101 e. The van der Waals surface area contributed by atoms with Crippen molar-refractivity contribution < 1.29 is 0 Å². The van der Waals surface area contributed by atoms with E-state index in [4.69, 9.17) is 0 Å². The SMILES string of the molecule is c1nc2ccc(NC3=NCCCCC3)cc2s1. The molecule has 4 heteroatoms. The molecule has 0 radical (unpaired) electrons. The average molecular weight is 245 g/mol. The van der Waals surface area contributed by atoms with Crippen molar-refractivity contribution in [2.24, 2.45) is 4.99 Å². The second-order valence-electron chi connectivity index (χ2n) is 4.30. The van der Waals surface area contributed by atoms with Crippen LogP contribution in [0.15, 0.2) is 28.7 Å². The van der Waals surface area contributed by atoms with E-state index in [0.29, 0.717) is 0 Å². The Balaban J connectivity index is 1.81. The van der Waals surface area contributed by atoms with Crippen molar-refractivity contribution in [2.75, 3.05) is 11.9 Å². The van der Waals surface area contributed by atoms with Crippen LogP contribution < -0.4 is 5.32 Å². The lowest BCUT2D eigenvalue weighted by Gasteiger charge is -2.07. The topological polar surface area (TPSA) is 37.3 Å². The predicted octanol–water partition coefficient (Wildman–Crippen LogP) is 3.68. The number of nitrogens with zero attached hydrogens (tertiary/aromatic N) is 2. The van der Waals surface area contributed by atoms with E-state index >= 15 is 0 Å². The number of rotatable bonds is 1. The van der Waals surface area contributed by atoms with Gasteiger partial charge in [-0.3, -0.25) is 4.99 Å². The molecule has 3 nitrogen and oxygen atoms in total. The van der Waals surface area contributed by atoms with Crippen molar-refractivity contribution in [3.63, 3.8) is 0 Å². The van der Waals surface area contributed by atoms with E-state index in [1.807, 2.05) is 5.51 Å². The van der Waals surface area contributed by atoms with Gasteiger partial charge in [0.25, 0.3) is 0 Å². The lowest BCUT2D eigenvalue weighted by molar-refractivity contribution is 0.731. The average Bonchev–Trinajstić information content (AvgIpc) is 2.65. The van der Waals surface area contributed by atoms with Gasteiger partial charge in [-0.2, -0.15) is 0 Å². The van der Waals surface area contributed by atoms with Crippen LogP contribution >= 0.6 is 11.3 Å². The van der Waals surface area contributed by atoms with Gasteiger partial charge in [0.15, 0.2) is 0 Å². The van der Waals surface area contributed by atoms with Gasteiger partial charge < -0.3 is 5.32 Å². The Morgan fingerprint density at radius 1 is 1.18 bits per heavy atom. The molecule has 88 valence electrons. The van der Waals surface area contributed by atoms with Crippen molar-refractivity contribution in [1.29, 1.82) is 0 Å². The Morgan fingerprint density at radius 2 is 2.18 bits per heavy atom. The first-order valence-electron chi connectivity index (χ1n) is 6.05. The molecular formula is C13H15N3S. The van der Waals surface area contributed by atoms with Crippen LogP contribution in [0.1, 0.15) is 25.7 Å². The number of fused-ring (bicyclic) bond motifs is 1. The Morgan fingerprint density at radius 3 is 3.18 bits per heavy atom. The van der Waals surface area contributed by atoms with Gasteiger partial charge in [0, 0.05) is 18.7 Å². The third kappa shape index (κ3) is 2.47. The quantitative estimate of drug-likeness (QED) is 0.832. The molecule has 1 aliphatic rings. The highest BCUT2D eigenvalue weighted by molar-refractivity contribution is 7.16. The fourth-order valence-corrected chi connectivity index (χ4v) is 2.79. The molecule has 0 amide bonds. The number of aliphatic imine (C=N–C) groups is 1. The zero-order valence-corrected chi connectivity index (χ0v) is 10.5. The summed E-state index contributed by atoms with van der Waals surface area (Å²) in [5, 5.41) is 3.43. The van der Waals surface area contributed by atoms with Gasteiger partial charge in [0.05, 0.1) is 15.7 Å². The Kier molecular flexibility index (Phi) is 3.05. The van der Waals surface area contributed by atoms with Crippen molar-refractivity contribution in [3.8, 4) is 0 Å². The number of thiazole rings is 1. The van der Waals surface area contributed by atoms with Crippen LogP contribution in [0, 0.1) is 0 Å². The number of anilines is 1. The summed E-state index contributed by atoms with van der Waals surface area (Å²) in [5.41, 5.74) is 4.09. The number of hydrogen-bond acceptors (Lipinski definition) is 4. The minimum absolute atomic E-state index is 0.963. The highest BCUT2D eigenvalue weighted by Gasteiger charge is 2.05. The molecule has 0 saturated carbocycles. The van der Waals surface area contributed by atoms with Crippen LogP contribution in [0.4, 0.5) is 5.69 Å². The van der Waals surface area contributed by atoms with Crippen LogP contribution in [-0.4, -0.2) is 17.4 Å². The molecule has 2 heterocycles. The molecule has 0 unspecified atom stereocenters. The van der Waals surface area contributed by atoms with Crippen LogP contribution in [0.5, 0.6) is 0 Å². The Bertz CT molecular complexity index is 544. The van der Waals surface area contributed by atoms with Crippen molar-refractivity contribution in [2.45, 2.75) is 25.7 Å². The molecule has 0 bridgehead atoms. The lowest BCUT2D eigenvalue weighted by atomic mass is 10.2. The second-order valence-corrected chi connectivity index (χ2v) is 5.19. The first kappa shape index (κ1) is 10.7. The summed E-state index contributed by atoms with van der Waals surface area (Å²) in [5.74, 6) is 1.13. The molecule has 0 saturated heterocycles. The number of benzene rings is 1. The fraction of sp³-hybridized carbons (Fsp3) is 0.385. The molecule has 1 N–H and O–H groups in total. The van der Waals surface area contributed by atoms with E-state index in [1.165, 1.54) is 24.0 Å². The van der Waals surface area contributed by atoms with Crippen LogP contribution in [0.2, 0.25) is 0 Å². The molecule has 0 spiro atoms. The number of aromatic nitrogens is 1. The standard InChI is InChI=1S/C13H15N3S/c1-2-4-13(14-7-3-1)16-10-5-6-11-12(8-10)17-9-15-11/h5-6,8-9H,1-4,7H2,(H,14,16). The van der Waals surface area contributed by atoms with Gasteiger partial charge >= 0.3 is 0 Å². The van der Waals surface area contributed by atoms with Gasteiger partial charge in [0.2, 0.25) is 0 Å². The summed E-state index contributed by atoms with van der Waals surface area (Å²) >= 11 is 1.68. The molecule has 1 aromatic carbocycles. The molecule has 1 aliphatic heterocycles. The van der Waals surface area contributed by atoms with E-state index in [0.717, 1.165) is 30.0 Å². The van der Waals surface area contributed by atoms with E-state index in [2.05, 4.69) is 33.5 Å².